The van der Waals surface area contributed by atoms with Crippen molar-refractivity contribution in [2.24, 2.45) is 0 Å². The summed E-state index contributed by atoms with van der Waals surface area (Å²) in [6, 6.07) is 5.22. The zero-order chi connectivity index (χ0) is 10.3. The van der Waals surface area contributed by atoms with E-state index in [2.05, 4.69) is 0 Å². The lowest BCUT2D eigenvalue weighted by Crippen LogP contribution is -1.95. The smallest absolute Gasteiger partial charge is 0.337 e. The van der Waals surface area contributed by atoms with Crippen molar-refractivity contribution in [3.8, 4) is 0 Å². The van der Waals surface area contributed by atoms with Crippen LogP contribution in [0, 0.1) is 6.92 Å². The summed E-state index contributed by atoms with van der Waals surface area (Å²) in [6.45, 7) is 1.95. The molecule has 0 saturated heterocycles. The van der Waals surface area contributed by atoms with E-state index in [4.69, 9.17) is 16.7 Å². The fraction of sp³-hybridized carbons (Fsp3) is 0.100. The molecule has 0 atom stereocenters. The summed E-state index contributed by atoms with van der Waals surface area (Å²) < 4.78 is 0.791. The van der Waals surface area contributed by atoms with Crippen LogP contribution in [0.25, 0.3) is 10.1 Å². The third-order valence-corrected chi connectivity index (χ3v) is 3.25. The van der Waals surface area contributed by atoms with Gasteiger partial charge in [0, 0.05) is 14.6 Å². The van der Waals surface area contributed by atoms with Gasteiger partial charge in [-0.3, -0.25) is 0 Å². The first-order chi connectivity index (χ1) is 6.58. The molecule has 0 spiro atoms. The van der Waals surface area contributed by atoms with Crippen LogP contribution in [0.15, 0.2) is 18.2 Å². The standard InChI is InChI=1S/C10H7ClO2S/c1-5-2-6-3-7(11)4-8(10(12)13)9(6)14-5/h2-4H,1H3,(H,12,13). The highest BCUT2D eigenvalue weighted by Gasteiger charge is 2.11. The number of hydrogen-bond acceptors (Lipinski definition) is 2. The summed E-state index contributed by atoms with van der Waals surface area (Å²) in [5, 5.41) is 10.3. The van der Waals surface area contributed by atoms with E-state index in [0.29, 0.717) is 5.02 Å². The van der Waals surface area contributed by atoms with E-state index in [9.17, 15) is 4.79 Å². The summed E-state index contributed by atoms with van der Waals surface area (Å²) >= 11 is 7.29. The van der Waals surface area contributed by atoms with Gasteiger partial charge in [0.2, 0.25) is 0 Å². The van der Waals surface area contributed by atoms with Gasteiger partial charge in [-0.1, -0.05) is 11.6 Å². The number of thiophene rings is 1. The number of benzene rings is 1. The van der Waals surface area contributed by atoms with E-state index in [1.165, 1.54) is 17.4 Å². The molecule has 2 aromatic rings. The minimum Gasteiger partial charge on any atom is -0.478 e. The number of carboxylic acids is 1. The van der Waals surface area contributed by atoms with E-state index in [1.807, 2.05) is 13.0 Å². The fourth-order valence-corrected chi connectivity index (χ4v) is 2.63. The highest BCUT2D eigenvalue weighted by atomic mass is 35.5. The van der Waals surface area contributed by atoms with Gasteiger partial charge in [-0.2, -0.15) is 0 Å². The second-order valence-corrected chi connectivity index (χ2v) is 4.73. The zero-order valence-electron chi connectivity index (χ0n) is 7.37. The van der Waals surface area contributed by atoms with Crippen molar-refractivity contribution >= 4 is 39.0 Å². The maximum absolute atomic E-state index is 10.9. The van der Waals surface area contributed by atoms with E-state index in [-0.39, 0.29) is 5.56 Å². The Balaban J connectivity index is 2.85. The first-order valence-corrected chi connectivity index (χ1v) is 5.20. The Kier molecular flexibility index (Phi) is 2.21. The Hall–Kier alpha value is -1.06. The van der Waals surface area contributed by atoms with Crippen molar-refractivity contribution in [3.63, 3.8) is 0 Å². The lowest BCUT2D eigenvalue weighted by molar-refractivity contribution is 0.0699. The average molecular weight is 227 g/mol. The molecule has 2 rings (SSSR count). The molecule has 0 aliphatic rings. The van der Waals surface area contributed by atoms with Crippen molar-refractivity contribution in [1.82, 2.24) is 0 Å². The quantitative estimate of drug-likeness (QED) is 0.807. The van der Waals surface area contributed by atoms with Gasteiger partial charge in [0.15, 0.2) is 0 Å². The molecule has 72 valence electrons. The first-order valence-electron chi connectivity index (χ1n) is 4.01. The van der Waals surface area contributed by atoms with Gasteiger partial charge in [-0.25, -0.2) is 4.79 Å². The minimum atomic E-state index is -0.931. The SMILES string of the molecule is Cc1cc2cc(Cl)cc(C(=O)O)c2s1. The molecule has 14 heavy (non-hydrogen) atoms. The van der Waals surface area contributed by atoms with E-state index in [0.717, 1.165) is 15.0 Å². The Bertz CT molecular complexity index is 516. The predicted molar refractivity (Wildman–Crippen MR) is 58.5 cm³/mol. The number of halogens is 1. The molecule has 0 bridgehead atoms. The van der Waals surface area contributed by atoms with Crippen molar-refractivity contribution in [2.45, 2.75) is 6.92 Å². The molecule has 2 nitrogen and oxygen atoms in total. The number of carboxylic acid groups (broad SMARTS) is 1. The van der Waals surface area contributed by atoms with E-state index >= 15 is 0 Å². The molecule has 1 aromatic heterocycles. The zero-order valence-corrected chi connectivity index (χ0v) is 8.95. The van der Waals surface area contributed by atoms with E-state index in [1.54, 1.807) is 6.07 Å². The Morgan fingerprint density at radius 3 is 2.79 bits per heavy atom. The molecule has 0 aliphatic carbocycles. The molecule has 0 unspecified atom stereocenters. The number of aryl methyl sites for hydroxylation is 1. The molecule has 0 radical (unpaired) electrons. The average Bonchev–Trinajstić information content (AvgIpc) is 2.42. The highest BCUT2D eigenvalue weighted by molar-refractivity contribution is 7.19. The summed E-state index contributed by atoms with van der Waals surface area (Å²) in [5.41, 5.74) is 0.283. The van der Waals surface area contributed by atoms with Crippen LogP contribution in [0.4, 0.5) is 0 Å². The summed E-state index contributed by atoms with van der Waals surface area (Å²) in [4.78, 5) is 12.0. The highest BCUT2D eigenvalue weighted by Crippen LogP contribution is 2.31. The lowest BCUT2D eigenvalue weighted by Gasteiger charge is -1.97. The van der Waals surface area contributed by atoms with Crippen molar-refractivity contribution < 1.29 is 9.90 Å². The topological polar surface area (TPSA) is 37.3 Å². The molecular formula is C10H7ClO2S. The molecular weight excluding hydrogens is 220 g/mol. The van der Waals surface area contributed by atoms with Crippen molar-refractivity contribution in [3.05, 3.63) is 33.7 Å². The normalized spacial score (nSPS) is 10.7. The third kappa shape index (κ3) is 1.49. The number of aromatic carboxylic acids is 1. The summed E-state index contributed by atoms with van der Waals surface area (Å²) in [6.07, 6.45) is 0. The molecule has 0 fully saturated rings. The molecule has 0 saturated carbocycles. The fourth-order valence-electron chi connectivity index (χ4n) is 1.40. The Morgan fingerprint density at radius 2 is 2.14 bits per heavy atom. The van der Waals surface area contributed by atoms with Gasteiger partial charge in [0.1, 0.15) is 0 Å². The van der Waals surface area contributed by atoms with Gasteiger partial charge < -0.3 is 5.11 Å². The van der Waals surface area contributed by atoms with Crippen LogP contribution in [0.5, 0.6) is 0 Å². The first kappa shape index (κ1) is 9.49. The van der Waals surface area contributed by atoms with Gasteiger partial charge in [-0.05, 0) is 30.5 Å². The van der Waals surface area contributed by atoms with Crippen LogP contribution in [0.3, 0.4) is 0 Å². The maximum Gasteiger partial charge on any atom is 0.337 e. The van der Waals surface area contributed by atoms with E-state index < -0.39 is 5.97 Å². The van der Waals surface area contributed by atoms with Crippen molar-refractivity contribution in [1.29, 1.82) is 0 Å². The largest absolute Gasteiger partial charge is 0.478 e. The third-order valence-electron chi connectivity index (χ3n) is 1.93. The van der Waals surface area contributed by atoms with Gasteiger partial charge in [0.25, 0.3) is 0 Å². The minimum absolute atomic E-state index is 0.283. The van der Waals surface area contributed by atoms with Crippen LogP contribution in [0.2, 0.25) is 5.02 Å². The van der Waals surface area contributed by atoms with Crippen LogP contribution < -0.4 is 0 Å². The Labute approximate surface area is 89.7 Å². The van der Waals surface area contributed by atoms with Crippen LogP contribution >= 0.6 is 22.9 Å². The summed E-state index contributed by atoms with van der Waals surface area (Å²) in [7, 11) is 0. The molecule has 1 heterocycles. The number of fused-ring (bicyclic) bond motifs is 1. The van der Waals surface area contributed by atoms with Crippen LogP contribution in [0.1, 0.15) is 15.2 Å². The second kappa shape index (κ2) is 3.26. The number of hydrogen-bond donors (Lipinski definition) is 1. The van der Waals surface area contributed by atoms with Gasteiger partial charge >= 0.3 is 5.97 Å². The Morgan fingerprint density at radius 1 is 1.43 bits per heavy atom. The predicted octanol–water partition coefficient (Wildman–Crippen LogP) is 3.56. The molecule has 1 aromatic carbocycles. The van der Waals surface area contributed by atoms with Crippen LogP contribution in [-0.4, -0.2) is 11.1 Å². The van der Waals surface area contributed by atoms with Crippen molar-refractivity contribution in [2.75, 3.05) is 0 Å². The molecule has 4 heteroatoms. The lowest BCUT2D eigenvalue weighted by atomic mass is 10.1. The molecule has 1 N–H and O–H groups in total. The maximum atomic E-state index is 10.9. The number of carbonyl (C=O) groups is 1. The molecule has 0 amide bonds. The van der Waals surface area contributed by atoms with Crippen LogP contribution in [-0.2, 0) is 0 Å². The second-order valence-electron chi connectivity index (χ2n) is 3.03. The van der Waals surface area contributed by atoms with Gasteiger partial charge in [0.05, 0.1) is 5.56 Å². The summed E-state index contributed by atoms with van der Waals surface area (Å²) in [5.74, 6) is -0.931. The van der Waals surface area contributed by atoms with Gasteiger partial charge in [-0.15, -0.1) is 11.3 Å². The monoisotopic (exact) mass is 226 g/mol. The number of rotatable bonds is 1. The molecule has 0 aliphatic heterocycles.